The fourth-order valence-electron chi connectivity index (χ4n) is 1.95. The quantitative estimate of drug-likeness (QED) is 0.841. The molecule has 1 aliphatic heterocycles. The van der Waals surface area contributed by atoms with Crippen molar-refractivity contribution in [3.8, 4) is 5.75 Å². The van der Waals surface area contributed by atoms with Crippen molar-refractivity contribution in [2.45, 2.75) is 18.9 Å². The Balaban J connectivity index is 1.76. The maximum Gasteiger partial charge on any atom is 0.335 e. The molecule has 0 unspecified atom stereocenters. The lowest BCUT2D eigenvalue weighted by atomic mass is 10.1. The van der Waals surface area contributed by atoms with E-state index in [0.29, 0.717) is 19.0 Å². The van der Waals surface area contributed by atoms with E-state index in [1.54, 1.807) is 0 Å². The Morgan fingerprint density at radius 2 is 1.90 bits per heavy atom. The fourth-order valence-corrected chi connectivity index (χ4v) is 1.95. The zero-order chi connectivity index (χ0) is 14.4. The number of hydrogen-bond donors (Lipinski definition) is 2. The molecule has 0 aromatic heterocycles. The van der Waals surface area contributed by atoms with Gasteiger partial charge in [-0.3, -0.25) is 4.79 Å². The third-order valence-electron chi connectivity index (χ3n) is 3.06. The van der Waals surface area contributed by atoms with Gasteiger partial charge >= 0.3 is 5.97 Å². The Labute approximate surface area is 116 Å². The van der Waals surface area contributed by atoms with Gasteiger partial charge in [0, 0.05) is 19.3 Å². The summed E-state index contributed by atoms with van der Waals surface area (Å²) in [6.07, 6.45) is 1.64. The Hall–Kier alpha value is -2.08. The van der Waals surface area contributed by atoms with Crippen LogP contribution in [0.3, 0.4) is 0 Å². The number of benzene rings is 1. The van der Waals surface area contributed by atoms with Gasteiger partial charge in [-0.1, -0.05) is 0 Å². The number of nitrogens with one attached hydrogen (secondary N) is 1. The standard InChI is InChI=1S/C14H17NO5/c16-13(15-11-5-7-19-8-6-11)9-20-12-3-1-10(2-4-12)14(17)18/h1-4,11H,5-9H2,(H,15,16)(H,17,18). The van der Waals surface area contributed by atoms with Gasteiger partial charge in [0.2, 0.25) is 0 Å². The molecule has 1 saturated heterocycles. The Morgan fingerprint density at radius 1 is 1.25 bits per heavy atom. The number of carbonyl (C=O) groups excluding carboxylic acids is 1. The number of aromatic carboxylic acids is 1. The lowest BCUT2D eigenvalue weighted by Gasteiger charge is -2.23. The molecule has 0 bridgehead atoms. The number of amides is 1. The van der Waals surface area contributed by atoms with Gasteiger partial charge in [0.1, 0.15) is 5.75 Å². The van der Waals surface area contributed by atoms with E-state index in [1.165, 1.54) is 24.3 Å². The molecule has 1 aromatic rings. The summed E-state index contributed by atoms with van der Waals surface area (Å²) in [6, 6.07) is 6.09. The van der Waals surface area contributed by atoms with Crippen LogP contribution in [0, 0.1) is 0 Å². The summed E-state index contributed by atoms with van der Waals surface area (Å²) in [4.78, 5) is 22.4. The van der Waals surface area contributed by atoms with Crippen molar-refractivity contribution < 1.29 is 24.2 Å². The van der Waals surface area contributed by atoms with Gasteiger partial charge in [-0.15, -0.1) is 0 Å². The Morgan fingerprint density at radius 3 is 2.50 bits per heavy atom. The SMILES string of the molecule is O=C(COc1ccc(C(=O)O)cc1)NC1CCOCC1. The molecule has 0 radical (unpaired) electrons. The molecule has 108 valence electrons. The first-order valence-electron chi connectivity index (χ1n) is 6.48. The van der Waals surface area contributed by atoms with Gasteiger partial charge in [-0.05, 0) is 37.1 Å². The van der Waals surface area contributed by atoms with Crippen LogP contribution in [0.5, 0.6) is 5.75 Å². The molecule has 2 N–H and O–H groups in total. The van der Waals surface area contributed by atoms with E-state index < -0.39 is 5.97 Å². The number of carboxylic acid groups (broad SMARTS) is 1. The molecule has 0 atom stereocenters. The summed E-state index contributed by atoms with van der Waals surface area (Å²) in [5.74, 6) is -0.704. The monoisotopic (exact) mass is 279 g/mol. The molecule has 0 spiro atoms. The Bertz CT molecular complexity index is 465. The lowest BCUT2D eigenvalue weighted by molar-refractivity contribution is -0.124. The van der Waals surface area contributed by atoms with Crippen molar-refractivity contribution in [1.29, 1.82) is 0 Å². The molecule has 6 heteroatoms. The smallest absolute Gasteiger partial charge is 0.335 e. The molecule has 1 fully saturated rings. The minimum Gasteiger partial charge on any atom is -0.484 e. The first kappa shape index (κ1) is 14.3. The second-order valence-electron chi connectivity index (χ2n) is 4.57. The minimum atomic E-state index is -0.992. The molecule has 0 aliphatic carbocycles. The zero-order valence-electron chi connectivity index (χ0n) is 11.0. The van der Waals surface area contributed by atoms with Crippen LogP contribution in [-0.2, 0) is 9.53 Å². The topological polar surface area (TPSA) is 84.9 Å². The molecule has 1 aromatic carbocycles. The fraction of sp³-hybridized carbons (Fsp3) is 0.429. The van der Waals surface area contributed by atoms with Crippen molar-refractivity contribution in [2.24, 2.45) is 0 Å². The summed E-state index contributed by atoms with van der Waals surface area (Å²) in [5.41, 5.74) is 0.184. The van der Waals surface area contributed by atoms with Gasteiger partial charge < -0.3 is 19.9 Å². The average Bonchev–Trinajstić information content (AvgIpc) is 2.46. The number of hydrogen-bond acceptors (Lipinski definition) is 4. The predicted octanol–water partition coefficient (Wildman–Crippen LogP) is 1.06. The lowest BCUT2D eigenvalue weighted by Crippen LogP contribution is -2.41. The number of rotatable bonds is 5. The second-order valence-corrected chi connectivity index (χ2v) is 4.57. The van der Waals surface area contributed by atoms with E-state index in [2.05, 4.69) is 5.32 Å². The van der Waals surface area contributed by atoms with Gasteiger partial charge in [-0.25, -0.2) is 4.79 Å². The van der Waals surface area contributed by atoms with Crippen LogP contribution in [0.4, 0.5) is 0 Å². The molecule has 20 heavy (non-hydrogen) atoms. The van der Waals surface area contributed by atoms with Gasteiger partial charge in [0.05, 0.1) is 5.56 Å². The summed E-state index contributed by atoms with van der Waals surface area (Å²) < 4.78 is 10.5. The van der Waals surface area contributed by atoms with E-state index in [4.69, 9.17) is 14.6 Å². The first-order valence-corrected chi connectivity index (χ1v) is 6.48. The zero-order valence-corrected chi connectivity index (χ0v) is 11.0. The van der Waals surface area contributed by atoms with Gasteiger partial charge in [0.25, 0.3) is 5.91 Å². The van der Waals surface area contributed by atoms with Crippen LogP contribution in [0.25, 0.3) is 0 Å². The molecular formula is C14H17NO5. The van der Waals surface area contributed by atoms with E-state index >= 15 is 0 Å². The van der Waals surface area contributed by atoms with Crippen LogP contribution in [0.1, 0.15) is 23.2 Å². The molecule has 1 heterocycles. The second kappa shape index (κ2) is 6.91. The van der Waals surface area contributed by atoms with Gasteiger partial charge in [0.15, 0.2) is 6.61 Å². The van der Waals surface area contributed by atoms with Crippen LogP contribution >= 0.6 is 0 Å². The molecule has 2 rings (SSSR count). The third-order valence-corrected chi connectivity index (χ3v) is 3.06. The van der Waals surface area contributed by atoms with Crippen molar-refractivity contribution in [3.05, 3.63) is 29.8 Å². The maximum atomic E-state index is 11.7. The van der Waals surface area contributed by atoms with Crippen LogP contribution in [0.15, 0.2) is 24.3 Å². The number of carboxylic acids is 1. The van der Waals surface area contributed by atoms with E-state index in [9.17, 15) is 9.59 Å². The van der Waals surface area contributed by atoms with E-state index in [0.717, 1.165) is 12.8 Å². The van der Waals surface area contributed by atoms with E-state index in [-0.39, 0.29) is 24.1 Å². The summed E-state index contributed by atoms with van der Waals surface area (Å²) in [5, 5.41) is 11.6. The molecule has 1 amide bonds. The summed E-state index contributed by atoms with van der Waals surface area (Å²) in [7, 11) is 0. The third kappa shape index (κ3) is 4.24. The Kier molecular flexibility index (Phi) is 4.95. The van der Waals surface area contributed by atoms with Crippen molar-refractivity contribution in [2.75, 3.05) is 19.8 Å². The average molecular weight is 279 g/mol. The van der Waals surface area contributed by atoms with Crippen molar-refractivity contribution in [3.63, 3.8) is 0 Å². The van der Waals surface area contributed by atoms with Gasteiger partial charge in [-0.2, -0.15) is 0 Å². The summed E-state index contributed by atoms with van der Waals surface area (Å²) in [6.45, 7) is 1.26. The van der Waals surface area contributed by atoms with Crippen molar-refractivity contribution in [1.82, 2.24) is 5.32 Å². The number of carbonyl (C=O) groups is 2. The van der Waals surface area contributed by atoms with Crippen LogP contribution in [0.2, 0.25) is 0 Å². The first-order chi connectivity index (χ1) is 9.65. The summed E-state index contributed by atoms with van der Waals surface area (Å²) >= 11 is 0. The van der Waals surface area contributed by atoms with Crippen LogP contribution in [-0.4, -0.2) is 42.8 Å². The largest absolute Gasteiger partial charge is 0.484 e. The van der Waals surface area contributed by atoms with Crippen molar-refractivity contribution >= 4 is 11.9 Å². The normalized spacial score (nSPS) is 15.6. The van der Waals surface area contributed by atoms with Crippen LogP contribution < -0.4 is 10.1 Å². The molecular weight excluding hydrogens is 262 g/mol. The maximum absolute atomic E-state index is 11.7. The highest BCUT2D eigenvalue weighted by Crippen LogP contribution is 2.12. The highest BCUT2D eigenvalue weighted by molar-refractivity contribution is 5.87. The molecule has 1 aliphatic rings. The molecule has 0 saturated carbocycles. The number of ether oxygens (including phenoxy) is 2. The molecule has 6 nitrogen and oxygen atoms in total. The predicted molar refractivity (Wildman–Crippen MR) is 70.9 cm³/mol. The minimum absolute atomic E-state index is 0.0796. The highest BCUT2D eigenvalue weighted by atomic mass is 16.5. The highest BCUT2D eigenvalue weighted by Gasteiger charge is 2.16. The van der Waals surface area contributed by atoms with E-state index in [1.807, 2.05) is 0 Å².